The summed E-state index contributed by atoms with van der Waals surface area (Å²) in [7, 11) is 2.07. The van der Waals surface area contributed by atoms with Crippen molar-refractivity contribution in [3.63, 3.8) is 0 Å². The van der Waals surface area contributed by atoms with E-state index in [1.165, 1.54) is 25.7 Å². The van der Waals surface area contributed by atoms with Crippen LogP contribution in [0.15, 0.2) is 0 Å². The highest BCUT2D eigenvalue weighted by molar-refractivity contribution is 7.99. The predicted octanol–water partition coefficient (Wildman–Crippen LogP) is 1.63. The molecule has 0 aromatic heterocycles. The van der Waals surface area contributed by atoms with E-state index in [0.717, 1.165) is 17.4 Å². The first kappa shape index (κ1) is 11.3. The van der Waals surface area contributed by atoms with Crippen LogP contribution >= 0.6 is 11.8 Å². The summed E-state index contributed by atoms with van der Waals surface area (Å²) in [6.45, 7) is 0.337. The molecule has 78 valence electrons. The second-order valence-corrected chi connectivity index (χ2v) is 5.01. The monoisotopic (exact) mass is 203 g/mol. The van der Waals surface area contributed by atoms with Crippen LogP contribution < -0.4 is 5.32 Å². The van der Waals surface area contributed by atoms with E-state index in [4.69, 9.17) is 5.11 Å². The summed E-state index contributed by atoms with van der Waals surface area (Å²) in [5, 5.41) is 12.9. The van der Waals surface area contributed by atoms with E-state index < -0.39 is 0 Å². The maximum absolute atomic E-state index is 8.69. The Balaban J connectivity index is 2.19. The Labute approximate surface area is 85.5 Å². The SMILES string of the molecule is CNC1CCCCC1SCCCO. The summed E-state index contributed by atoms with van der Waals surface area (Å²) < 4.78 is 0. The number of aliphatic hydroxyl groups is 1. The van der Waals surface area contributed by atoms with Crippen molar-refractivity contribution in [3.8, 4) is 0 Å². The molecule has 2 atom stereocenters. The fourth-order valence-corrected chi connectivity index (χ4v) is 3.36. The molecule has 1 saturated carbocycles. The van der Waals surface area contributed by atoms with E-state index in [0.29, 0.717) is 12.6 Å². The van der Waals surface area contributed by atoms with Crippen LogP contribution in [-0.2, 0) is 0 Å². The van der Waals surface area contributed by atoms with Gasteiger partial charge in [0.2, 0.25) is 0 Å². The zero-order valence-corrected chi connectivity index (χ0v) is 9.28. The molecule has 0 aliphatic heterocycles. The van der Waals surface area contributed by atoms with Gasteiger partial charge < -0.3 is 10.4 Å². The lowest BCUT2D eigenvalue weighted by Gasteiger charge is -2.30. The molecular formula is C10H21NOS. The number of hydrogen-bond acceptors (Lipinski definition) is 3. The third-order valence-corrected chi connectivity index (χ3v) is 4.22. The van der Waals surface area contributed by atoms with Crippen LogP contribution in [0.1, 0.15) is 32.1 Å². The van der Waals surface area contributed by atoms with E-state index >= 15 is 0 Å². The van der Waals surface area contributed by atoms with Crippen molar-refractivity contribution in [1.29, 1.82) is 0 Å². The van der Waals surface area contributed by atoms with Crippen molar-refractivity contribution in [2.24, 2.45) is 0 Å². The normalized spacial score (nSPS) is 29.1. The number of rotatable bonds is 5. The molecule has 1 aliphatic carbocycles. The fraction of sp³-hybridized carbons (Fsp3) is 1.00. The Bertz CT molecular complexity index is 132. The van der Waals surface area contributed by atoms with E-state index in [1.807, 2.05) is 11.8 Å². The Morgan fingerprint density at radius 2 is 2.15 bits per heavy atom. The summed E-state index contributed by atoms with van der Waals surface area (Å²) in [6, 6.07) is 0.706. The smallest absolute Gasteiger partial charge is 0.0438 e. The Morgan fingerprint density at radius 1 is 1.38 bits per heavy atom. The quantitative estimate of drug-likeness (QED) is 0.666. The van der Waals surface area contributed by atoms with Crippen molar-refractivity contribution in [2.75, 3.05) is 19.4 Å². The minimum atomic E-state index is 0.337. The molecule has 0 spiro atoms. The zero-order valence-electron chi connectivity index (χ0n) is 8.46. The molecule has 0 aromatic rings. The molecule has 0 amide bonds. The Morgan fingerprint density at radius 3 is 2.85 bits per heavy atom. The molecule has 13 heavy (non-hydrogen) atoms. The summed E-state index contributed by atoms with van der Waals surface area (Å²) >= 11 is 2.03. The van der Waals surface area contributed by atoms with Gasteiger partial charge in [0.15, 0.2) is 0 Å². The largest absolute Gasteiger partial charge is 0.396 e. The van der Waals surface area contributed by atoms with E-state index in [-0.39, 0.29) is 0 Å². The van der Waals surface area contributed by atoms with Gasteiger partial charge in [-0.3, -0.25) is 0 Å². The third kappa shape index (κ3) is 3.88. The highest BCUT2D eigenvalue weighted by atomic mass is 32.2. The molecule has 2 unspecified atom stereocenters. The van der Waals surface area contributed by atoms with Crippen molar-refractivity contribution in [1.82, 2.24) is 5.32 Å². The van der Waals surface area contributed by atoms with Gasteiger partial charge in [0.05, 0.1) is 0 Å². The lowest BCUT2D eigenvalue weighted by molar-refractivity contribution is 0.296. The van der Waals surface area contributed by atoms with E-state index in [9.17, 15) is 0 Å². The average Bonchev–Trinajstić information content (AvgIpc) is 2.19. The first-order valence-electron chi connectivity index (χ1n) is 5.28. The Kier molecular flexibility index (Phi) is 5.83. The van der Waals surface area contributed by atoms with Crippen molar-refractivity contribution < 1.29 is 5.11 Å². The van der Waals surface area contributed by atoms with Crippen LogP contribution in [0.3, 0.4) is 0 Å². The van der Waals surface area contributed by atoms with Crippen LogP contribution in [0.25, 0.3) is 0 Å². The third-order valence-electron chi connectivity index (χ3n) is 2.71. The number of hydrogen-bond donors (Lipinski definition) is 2. The van der Waals surface area contributed by atoms with Crippen LogP contribution in [0.2, 0.25) is 0 Å². The maximum atomic E-state index is 8.69. The number of nitrogens with one attached hydrogen (secondary N) is 1. The highest BCUT2D eigenvalue weighted by Gasteiger charge is 2.23. The molecular weight excluding hydrogens is 182 g/mol. The zero-order chi connectivity index (χ0) is 9.52. The number of thioether (sulfide) groups is 1. The summed E-state index contributed by atoms with van der Waals surface area (Å²) in [4.78, 5) is 0. The second kappa shape index (κ2) is 6.68. The summed E-state index contributed by atoms with van der Waals surface area (Å²) in [5.74, 6) is 1.11. The molecule has 2 N–H and O–H groups in total. The Hall–Kier alpha value is 0.270. The standard InChI is InChI=1S/C10H21NOS/c1-11-9-5-2-3-6-10(9)13-8-4-7-12/h9-12H,2-8H2,1H3. The minimum absolute atomic E-state index is 0.337. The molecule has 1 aliphatic rings. The molecule has 0 radical (unpaired) electrons. The molecule has 0 aromatic carbocycles. The van der Waals surface area contributed by atoms with Crippen molar-refractivity contribution in [3.05, 3.63) is 0 Å². The second-order valence-electron chi connectivity index (χ2n) is 3.67. The van der Waals surface area contributed by atoms with Crippen LogP contribution in [-0.4, -0.2) is 35.8 Å². The van der Waals surface area contributed by atoms with Gasteiger partial charge in [-0.2, -0.15) is 11.8 Å². The van der Waals surface area contributed by atoms with E-state index in [1.54, 1.807) is 0 Å². The van der Waals surface area contributed by atoms with Gasteiger partial charge in [-0.05, 0) is 32.1 Å². The predicted molar refractivity (Wildman–Crippen MR) is 59.3 cm³/mol. The number of aliphatic hydroxyl groups excluding tert-OH is 1. The van der Waals surface area contributed by atoms with Crippen LogP contribution in [0.4, 0.5) is 0 Å². The molecule has 1 fully saturated rings. The molecule has 1 rings (SSSR count). The summed E-state index contributed by atoms with van der Waals surface area (Å²) in [5.41, 5.74) is 0. The van der Waals surface area contributed by atoms with Gasteiger partial charge in [-0.15, -0.1) is 0 Å². The van der Waals surface area contributed by atoms with Gasteiger partial charge in [-0.1, -0.05) is 12.8 Å². The van der Waals surface area contributed by atoms with Crippen molar-refractivity contribution in [2.45, 2.75) is 43.4 Å². The van der Waals surface area contributed by atoms with Crippen LogP contribution in [0, 0.1) is 0 Å². The minimum Gasteiger partial charge on any atom is -0.396 e. The van der Waals surface area contributed by atoms with E-state index in [2.05, 4.69) is 12.4 Å². The molecule has 0 heterocycles. The highest BCUT2D eigenvalue weighted by Crippen LogP contribution is 2.28. The lowest BCUT2D eigenvalue weighted by Crippen LogP contribution is -2.38. The van der Waals surface area contributed by atoms with Gasteiger partial charge in [0, 0.05) is 17.9 Å². The van der Waals surface area contributed by atoms with Gasteiger partial charge in [0.25, 0.3) is 0 Å². The molecule has 2 nitrogen and oxygen atoms in total. The lowest BCUT2D eigenvalue weighted by atomic mass is 9.95. The van der Waals surface area contributed by atoms with Crippen molar-refractivity contribution >= 4 is 11.8 Å². The van der Waals surface area contributed by atoms with Gasteiger partial charge >= 0.3 is 0 Å². The summed E-state index contributed by atoms with van der Waals surface area (Å²) in [6.07, 6.45) is 6.38. The molecule has 0 bridgehead atoms. The van der Waals surface area contributed by atoms with Gasteiger partial charge in [-0.25, -0.2) is 0 Å². The topological polar surface area (TPSA) is 32.3 Å². The van der Waals surface area contributed by atoms with Gasteiger partial charge in [0.1, 0.15) is 0 Å². The average molecular weight is 203 g/mol. The first-order chi connectivity index (χ1) is 6.38. The van der Waals surface area contributed by atoms with Crippen LogP contribution in [0.5, 0.6) is 0 Å². The fourth-order valence-electron chi connectivity index (χ4n) is 1.93. The molecule has 3 heteroatoms. The maximum Gasteiger partial charge on any atom is 0.0438 e. The first-order valence-corrected chi connectivity index (χ1v) is 6.33. The molecule has 0 saturated heterocycles.